The number of carbonyl (C=O) groups excluding carboxylic acids is 1. The number of aromatic nitrogens is 1. The van der Waals surface area contributed by atoms with E-state index in [1.54, 1.807) is 16.7 Å². The average Bonchev–Trinajstić information content (AvgIpc) is 3.30. The van der Waals surface area contributed by atoms with Gasteiger partial charge in [0.25, 0.3) is 5.91 Å². The molecule has 5 rings (SSSR count). The molecular weight excluding hydrogens is 478 g/mol. The monoisotopic (exact) mass is 501 g/mol. The van der Waals surface area contributed by atoms with Crippen LogP contribution in [0.2, 0.25) is 5.02 Å². The number of hydrogen-bond acceptors (Lipinski definition) is 4. The van der Waals surface area contributed by atoms with Gasteiger partial charge in [0.05, 0.1) is 22.3 Å². The third kappa shape index (κ3) is 3.74. The number of rotatable bonds is 3. The van der Waals surface area contributed by atoms with Crippen molar-refractivity contribution in [2.75, 3.05) is 0 Å². The van der Waals surface area contributed by atoms with Crippen LogP contribution in [0.1, 0.15) is 32.7 Å². The van der Waals surface area contributed by atoms with Gasteiger partial charge in [-0.1, -0.05) is 65.4 Å². The molecule has 176 valence electrons. The van der Waals surface area contributed by atoms with E-state index in [9.17, 15) is 9.90 Å². The molecule has 0 aliphatic carbocycles. The lowest BCUT2D eigenvalue weighted by molar-refractivity contribution is -0.112. The largest absolute Gasteiger partial charge is 0.493 e. The van der Waals surface area contributed by atoms with Crippen molar-refractivity contribution in [1.82, 2.24) is 4.57 Å². The predicted molar refractivity (Wildman–Crippen MR) is 140 cm³/mol. The predicted octanol–water partition coefficient (Wildman–Crippen LogP) is 5.03. The second kappa shape index (κ2) is 8.63. The Kier molecular flexibility index (Phi) is 5.74. The molecule has 4 aromatic rings. The number of hydrogen-bond donors (Lipinski definition) is 1. The lowest BCUT2D eigenvalue weighted by Gasteiger charge is -2.13. The van der Waals surface area contributed by atoms with Crippen LogP contribution in [-0.4, -0.2) is 15.6 Å². The smallest absolute Gasteiger partial charge is 0.279 e. The molecule has 0 saturated heterocycles. The first kappa shape index (κ1) is 23.3. The van der Waals surface area contributed by atoms with Gasteiger partial charge in [0.15, 0.2) is 4.80 Å². The van der Waals surface area contributed by atoms with Crippen molar-refractivity contribution in [1.29, 1.82) is 0 Å². The zero-order chi connectivity index (χ0) is 25.0. The maximum absolute atomic E-state index is 13.1. The number of nitrogens with zero attached hydrogens (tertiary/aromatic N) is 3. The fourth-order valence-corrected chi connectivity index (χ4v) is 5.78. The van der Waals surface area contributed by atoms with Gasteiger partial charge in [0.2, 0.25) is 5.88 Å². The van der Waals surface area contributed by atoms with Crippen molar-refractivity contribution in [2.24, 2.45) is 9.98 Å². The maximum atomic E-state index is 13.1. The standard InChI is InChI=1S/C28H24ClN3O2S/c1-14-8-6-9-15(2)22(14)31-28-32(24-16(3)10-7-11-17(24)4)27(34)25(35-28)21-19-12-13-20(29)18(5)23(19)30-26(21)33/h6-13,34H,1-5H3. The molecule has 1 amide bonds. The van der Waals surface area contributed by atoms with Crippen LogP contribution in [0.3, 0.4) is 0 Å². The van der Waals surface area contributed by atoms with Gasteiger partial charge >= 0.3 is 0 Å². The van der Waals surface area contributed by atoms with Crippen LogP contribution in [0.25, 0.3) is 11.3 Å². The molecule has 1 N–H and O–H groups in total. The van der Waals surface area contributed by atoms with Crippen LogP contribution in [0.5, 0.6) is 5.88 Å². The third-order valence-electron chi connectivity index (χ3n) is 6.40. The van der Waals surface area contributed by atoms with E-state index in [0.717, 1.165) is 39.2 Å². The molecule has 7 heteroatoms. The minimum absolute atomic E-state index is 0.0311. The zero-order valence-corrected chi connectivity index (χ0v) is 21.7. The molecule has 1 aliphatic heterocycles. The molecular formula is C28H24ClN3O2S. The lowest BCUT2D eigenvalue weighted by atomic mass is 10.1. The van der Waals surface area contributed by atoms with Crippen molar-refractivity contribution in [3.05, 3.63) is 102 Å². The Morgan fingerprint density at radius 3 is 2.14 bits per heavy atom. The number of aromatic hydroxyl groups is 1. The summed E-state index contributed by atoms with van der Waals surface area (Å²) < 4.78 is 1.75. The van der Waals surface area contributed by atoms with Crippen LogP contribution >= 0.6 is 22.9 Å². The fourth-order valence-electron chi connectivity index (χ4n) is 4.56. The minimum Gasteiger partial charge on any atom is -0.493 e. The third-order valence-corrected chi connectivity index (χ3v) is 7.85. The Hall–Kier alpha value is -3.48. The van der Waals surface area contributed by atoms with E-state index in [-0.39, 0.29) is 5.88 Å². The Morgan fingerprint density at radius 2 is 1.51 bits per heavy atom. The molecule has 3 aromatic carbocycles. The summed E-state index contributed by atoms with van der Waals surface area (Å²) in [5.74, 6) is -0.425. The zero-order valence-electron chi connectivity index (χ0n) is 20.1. The van der Waals surface area contributed by atoms with Gasteiger partial charge in [0, 0.05) is 10.2 Å². The SMILES string of the molecule is Cc1cccc(C)c1N=c1sc(C2=c3ccc(Cl)c(C)c3=NC2=O)c(O)n1-c1c(C)cccc1C. The van der Waals surface area contributed by atoms with Gasteiger partial charge < -0.3 is 5.11 Å². The second-order valence-corrected chi connectivity index (χ2v) is 10.2. The van der Waals surface area contributed by atoms with Gasteiger partial charge in [-0.2, -0.15) is 0 Å². The highest BCUT2D eigenvalue weighted by Crippen LogP contribution is 2.34. The summed E-state index contributed by atoms with van der Waals surface area (Å²) >= 11 is 7.56. The lowest BCUT2D eigenvalue weighted by Crippen LogP contribution is -2.26. The van der Waals surface area contributed by atoms with Gasteiger partial charge in [0.1, 0.15) is 4.88 Å². The summed E-state index contributed by atoms with van der Waals surface area (Å²) in [6.45, 7) is 9.87. The van der Waals surface area contributed by atoms with Crippen LogP contribution in [-0.2, 0) is 4.79 Å². The summed E-state index contributed by atoms with van der Waals surface area (Å²) in [5, 5.41) is 13.4. The molecule has 0 spiro atoms. The van der Waals surface area contributed by atoms with E-state index in [0.29, 0.717) is 30.9 Å². The van der Waals surface area contributed by atoms with Crippen molar-refractivity contribution in [3.8, 4) is 11.6 Å². The van der Waals surface area contributed by atoms with Crippen molar-refractivity contribution >= 4 is 40.1 Å². The summed E-state index contributed by atoms with van der Waals surface area (Å²) in [5.41, 5.74) is 6.83. The molecule has 0 fully saturated rings. The van der Waals surface area contributed by atoms with Crippen molar-refractivity contribution in [2.45, 2.75) is 34.6 Å². The molecule has 35 heavy (non-hydrogen) atoms. The number of para-hydroxylation sites is 2. The van der Waals surface area contributed by atoms with Gasteiger partial charge in [-0.25, -0.2) is 9.98 Å². The number of thiazole rings is 1. The summed E-state index contributed by atoms with van der Waals surface area (Å²) in [7, 11) is 0. The molecule has 0 bridgehead atoms. The Bertz CT molecular complexity index is 1700. The second-order valence-electron chi connectivity index (χ2n) is 8.83. The number of amides is 1. The van der Waals surface area contributed by atoms with Crippen LogP contribution in [0.15, 0.2) is 58.5 Å². The highest BCUT2D eigenvalue weighted by Gasteiger charge is 2.28. The van der Waals surface area contributed by atoms with Crippen molar-refractivity contribution < 1.29 is 9.90 Å². The number of fused-ring (bicyclic) bond motifs is 1. The van der Waals surface area contributed by atoms with E-state index in [4.69, 9.17) is 16.6 Å². The fraction of sp³-hybridized carbons (Fsp3) is 0.179. The Balaban J connectivity index is 1.92. The number of halogens is 1. The first-order chi connectivity index (χ1) is 16.7. The molecule has 5 nitrogen and oxygen atoms in total. The van der Waals surface area contributed by atoms with Crippen LogP contribution < -0.4 is 15.4 Å². The van der Waals surface area contributed by atoms with Gasteiger partial charge in [-0.15, -0.1) is 0 Å². The van der Waals surface area contributed by atoms with E-state index < -0.39 is 5.91 Å². The summed E-state index contributed by atoms with van der Waals surface area (Å²) in [6.07, 6.45) is 0. The molecule has 1 aliphatic rings. The molecule has 2 heterocycles. The molecule has 1 aromatic heterocycles. The van der Waals surface area contributed by atoms with Crippen molar-refractivity contribution in [3.63, 3.8) is 0 Å². The topological polar surface area (TPSA) is 66.9 Å². The highest BCUT2D eigenvalue weighted by molar-refractivity contribution is 7.11. The number of aryl methyl sites for hydroxylation is 4. The van der Waals surface area contributed by atoms with Gasteiger partial charge in [-0.05, 0) is 68.5 Å². The minimum atomic E-state index is -0.394. The quantitative estimate of drug-likeness (QED) is 0.428. The number of benzene rings is 3. The van der Waals surface area contributed by atoms with Crippen LogP contribution in [0.4, 0.5) is 5.69 Å². The number of carbonyl (C=O) groups is 1. The van der Waals surface area contributed by atoms with E-state index in [1.807, 2.05) is 71.0 Å². The van der Waals surface area contributed by atoms with Crippen LogP contribution in [0, 0.1) is 34.6 Å². The molecule has 0 radical (unpaired) electrons. The first-order valence-electron chi connectivity index (χ1n) is 11.2. The van der Waals surface area contributed by atoms with E-state index in [1.165, 1.54) is 11.3 Å². The average molecular weight is 502 g/mol. The maximum Gasteiger partial charge on any atom is 0.279 e. The molecule has 0 unspecified atom stereocenters. The normalized spacial score (nSPS) is 13.4. The Morgan fingerprint density at radius 1 is 0.914 bits per heavy atom. The summed E-state index contributed by atoms with van der Waals surface area (Å²) in [6, 6.07) is 15.6. The molecule has 0 saturated carbocycles. The molecule has 0 atom stereocenters. The Labute approximate surface area is 212 Å². The van der Waals surface area contributed by atoms with Gasteiger partial charge in [-0.3, -0.25) is 9.36 Å². The first-order valence-corrected chi connectivity index (χ1v) is 12.4. The summed E-state index contributed by atoms with van der Waals surface area (Å²) in [4.78, 5) is 23.4. The highest BCUT2D eigenvalue weighted by atomic mass is 35.5. The van der Waals surface area contributed by atoms with E-state index >= 15 is 0 Å². The van der Waals surface area contributed by atoms with E-state index in [2.05, 4.69) is 4.99 Å².